The number of rotatable bonds is 2. The van der Waals surface area contributed by atoms with Crippen molar-refractivity contribution in [1.29, 1.82) is 0 Å². The molecule has 1 aromatic carbocycles. The van der Waals surface area contributed by atoms with E-state index in [1.807, 2.05) is 0 Å². The number of amides is 3. The Morgan fingerprint density at radius 3 is 2.85 bits per heavy atom. The van der Waals surface area contributed by atoms with Crippen molar-refractivity contribution in [2.75, 3.05) is 6.54 Å². The zero-order valence-corrected chi connectivity index (χ0v) is 12.2. The molecule has 1 unspecified atom stereocenters. The number of piperazine rings is 1. The number of imide groups is 1. The second kappa shape index (κ2) is 5.70. The number of nitrogens with zero attached hydrogens (tertiary/aromatic N) is 1. The van der Waals surface area contributed by atoms with Crippen molar-refractivity contribution in [3.05, 3.63) is 34.1 Å². The molecule has 1 aromatic rings. The van der Waals surface area contributed by atoms with E-state index in [0.29, 0.717) is 6.42 Å². The first-order chi connectivity index (χ1) is 9.45. The molecule has 1 heterocycles. The number of halogens is 2. The number of nitrogens with one attached hydrogen (secondary N) is 1. The van der Waals surface area contributed by atoms with Gasteiger partial charge in [0.15, 0.2) is 0 Å². The van der Waals surface area contributed by atoms with Crippen LogP contribution in [0.4, 0.5) is 4.39 Å². The Bertz CT molecular complexity index is 591. The summed E-state index contributed by atoms with van der Waals surface area (Å²) in [7, 11) is 0. The van der Waals surface area contributed by atoms with E-state index >= 15 is 0 Å². The highest BCUT2D eigenvalue weighted by atomic mass is 79.9. The minimum atomic E-state index is -0.727. The summed E-state index contributed by atoms with van der Waals surface area (Å²) in [6.07, 6.45) is 0.373. The molecule has 7 heteroatoms. The van der Waals surface area contributed by atoms with Crippen molar-refractivity contribution in [1.82, 2.24) is 10.2 Å². The van der Waals surface area contributed by atoms with Crippen LogP contribution in [0, 0.1) is 5.82 Å². The Labute approximate surface area is 123 Å². The molecule has 1 saturated heterocycles. The van der Waals surface area contributed by atoms with Crippen LogP contribution >= 0.6 is 15.9 Å². The molecular weight excluding hydrogens is 331 g/mol. The first-order valence-electron chi connectivity index (χ1n) is 6.04. The number of benzene rings is 1. The molecule has 3 amide bonds. The van der Waals surface area contributed by atoms with Crippen LogP contribution in [0.3, 0.4) is 0 Å². The van der Waals surface area contributed by atoms with Gasteiger partial charge >= 0.3 is 0 Å². The SMILES string of the molecule is CCC1C(=O)NC(=O)CN1C(=O)c1cccc(F)c1Br. The Morgan fingerprint density at radius 1 is 1.50 bits per heavy atom. The molecule has 1 atom stereocenters. The average molecular weight is 343 g/mol. The van der Waals surface area contributed by atoms with Gasteiger partial charge in [-0.15, -0.1) is 0 Å². The third-order valence-electron chi connectivity index (χ3n) is 3.09. The molecule has 106 valence electrons. The number of hydrogen-bond donors (Lipinski definition) is 1. The van der Waals surface area contributed by atoms with E-state index in [2.05, 4.69) is 21.2 Å². The van der Waals surface area contributed by atoms with Gasteiger partial charge in [-0.05, 0) is 34.5 Å². The first kappa shape index (κ1) is 14.6. The zero-order chi connectivity index (χ0) is 14.9. The molecule has 0 saturated carbocycles. The molecule has 0 bridgehead atoms. The average Bonchev–Trinajstić information content (AvgIpc) is 2.40. The molecular formula is C13H12BrFN2O3. The zero-order valence-electron chi connectivity index (χ0n) is 10.7. The summed E-state index contributed by atoms with van der Waals surface area (Å²) in [5.41, 5.74) is 0.0888. The molecule has 2 rings (SSSR count). The lowest BCUT2D eigenvalue weighted by atomic mass is 10.1. The normalized spacial score (nSPS) is 18.9. The molecule has 1 aliphatic rings. The quantitative estimate of drug-likeness (QED) is 0.827. The topological polar surface area (TPSA) is 66.5 Å². The molecule has 0 aromatic heterocycles. The molecule has 20 heavy (non-hydrogen) atoms. The van der Waals surface area contributed by atoms with Crippen LogP contribution in [0.5, 0.6) is 0 Å². The summed E-state index contributed by atoms with van der Waals surface area (Å²) >= 11 is 3.01. The standard InChI is InChI=1S/C13H12BrFN2O3/c1-2-9-12(19)16-10(18)6-17(9)13(20)7-4-3-5-8(15)11(7)14/h3-5,9H,2,6H2,1H3,(H,16,18,19). The summed E-state index contributed by atoms with van der Waals surface area (Å²) in [5, 5.41) is 2.19. The van der Waals surface area contributed by atoms with Gasteiger partial charge in [-0.3, -0.25) is 19.7 Å². The van der Waals surface area contributed by atoms with Gasteiger partial charge in [-0.25, -0.2) is 4.39 Å². The van der Waals surface area contributed by atoms with Crippen LogP contribution in [0.2, 0.25) is 0 Å². The molecule has 1 N–H and O–H groups in total. The molecule has 1 aliphatic heterocycles. The second-order valence-corrected chi connectivity index (χ2v) is 5.16. The van der Waals surface area contributed by atoms with Crippen molar-refractivity contribution in [2.24, 2.45) is 0 Å². The van der Waals surface area contributed by atoms with Gasteiger partial charge in [-0.2, -0.15) is 0 Å². The third kappa shape index (κ3) is 2.58. The fourth-order valence-corrected chi connectivity index (χ4v) is 2.54. The van der Waals surface area contributed by atoms with Crippen LogP contribution in [0.15, 0.2) is 22.7 Å². The number of hydrogen-bond acceptors (Lipinski definition) is 3. The van der Waals surface area contributed by atoms with E-state index in [-0.39, 0.29) is 16.6 Å². The van der Waals surface area contributed by atoms with Crippen LogP contribution in [-0.4, -0.2) is 35.2 Å². The van der Waals surface area contributed by atoms with Crippen LogP contribution in [0.25, 0.3) is 0 Å². The van der Waals surface area contributed by atoms with Crippen LogP contribution < -0.4 is 5.32 Å². The van der Waals surface area contributed by atoms with Crippen LogP contribution in [-0.2, 0) is 9.59 Å². The predicted octanol–water partition coefficient (Wildman–Crippen LogP) is 1.47. The van der Waals surface area contributed by atoms with E-state index in [4.69, 9.17) is 0 Å². The Hall–Kier alpha value is -1.76. The highest BCUT2D eigenvalue weighted by Gasteiger charge is 2.36. The molecule has 0 aliphatic carbocycles. The lowest BCUT2D eigenvalue weighted by Gasteiger charge is -2.33. The summed E-state index contributed by atoms with van der Waals surface area (Å²) in [4.78, 5) is 36.7. The maximum atomic E-state index is 13.5. The third-order valence-corrected chi connectivity index (χ3v) is 3.89. The fourth-order valence-electron chi connectivity index (χ4n) is 2.11. The summed E-state index contributed by atoms with van der Waals surface area (Å²) < 4.78 is 13.5. The number of carbonyl (C=O) groups excluding carboxylic acids is 3. The molecule has 1 fully saturated rings. The van der Waals surface area contributed by atoms with Gasteiger partial charge in [0, 0.05) is 0 Å². The van der Waals surface area contributed by atoms with E-state index in [9.17, 15) is 18.8 Å². The van der Waals surface area contributed by atoms with Gasteiger partial charge in [0.05, 0.1) is 10.0 Å². The lowest BCUT2D eigenvalue weighted by Crippen LogP contribution is -2.59. The minimum absolute atomic E-state index is 0.0262. The summed E-state index contributed by atoms with van der Waals surface area (Å²) in [6.45, 7) is 1.52. The minimum Gasteiger partial charge on any atom is -0.317 e. The van der Waals surface area contributed by atoms with E-state index in [1.165, 1.54) is 23.1 Å². The Balaban J connectivity index is 2.37. The van der Waals surface area contributed by atoms with Crippen molar-refractivity contribution >= 4 is 33.7 Å². The Morgan fingerprint density at radius 2 is 2.20 bits per heavy atom. The van der Waals surface area contributed by atoms with Gasteiger partial charge in [0.25, 0.3) is 5.91 Å². The first-order valence-corrected chi connectivity index (χ1v) is 6.83. The van der Waals surface area contributed by atoms with Gasteiger partial charge < -0.3 is 4.90 Å². The van der Waals surface area contributed by atoms with Gasteiger partial charge in [0.1, 0.15) is 18.4 Å². The fraction of sp³-hybridized carbons (Fsp3) is 0.308. The monoisotopic (exact) mass is 342 g/mol. The lowest BCUT2D eigenvalue weighted by molar-refractivity contribution is -0.138. The van der Waals surface area contributed by atoms with Crippen molar-refractivity contribution in [3.63, 3.8) is 0 Å². The summed E-state index contributed by atoms with van der Waals surface area (Å²) in [6, 6.07) is 3.33. The molecule has 5 nitrogen and oxygen atoms in total. The maximum absolute atomic E-state index is 13.5. The van der Waals surface area contributed by atoms with E-state index in [1.54, 1.807) is 6.92 Å². The van der Waals surface area contributed by atoms with Crippen molar-refractivity contribution in [3.8, 4) is 0 Å². The van der Waals surface area contributed by atoms with Crippen molar-refractivity contribution in [2.45, 2.75) is 19.4 Å². The smallest absolute Gasteiger partial charge is 0.256 e. The largest absolute Gasteiger partial charge is 0.317 e. The maximum Gasteiger partial charge on any atom is 0.256 e. The second-order valence-electron chi connectivity index (χ2n) is 4.37. The molecule has 0 radical (unpaired) electrons. The highest BCUT2D eigenvalue weighted by molar-refractivity contribution is 9.10. The predicted molar refractivity (Wildman–Crippen MR) is 72.4 cm³/mol. The number of carbonyl (C=O) groups is 3. The van der Waals surface area contributed by atoms with E-state index in [0.717, 1.165) is 0 Å². The van der Waals surface area contributed by atoms with Crippen molar-refractivity contribution < 1.29 is 18.8 Å². The molecule has 0 spiro atoms. The van der Waals surface area contributed by atoms with E-state index < -0.39 is 29.6 Å². The Kier molecular flexibility index (Phi) is 4.17. The highest BCUT2D eigenvalue weighted by Crippen LogP contribution is 2.23. The van der Waals surface area contributed by atoms with Crippen LogP contribution in [0.1, 0.15) is 23.7 Å². The van der Waals surface area contributed by atoms with Gasteiger partial charge in [0.2, 0.25) is 11.8 Å². The summed E-state index contributed by atoms with van der Waals surface area (Å²) in [5.74, 6) is -2.17. The van der Waals surface area contributed by atoms with Gasteiger partial charge in [-0.1, -0.05) is 13.0 Å².